The molecule has 98 valence electrons. The molecule has 0 saturated carbocycles. The van der Waals surface area contributed by atoms with Crippen LogP contribution in [0.1, 0.15) is 22.8 Å². The quantitative estimate of drug-likeness (QED) is 0.908. The molecule has 0 fully saturated rings. The summed E-state index contributed by atoms with van der Waals surface area (Å²) in [5.41, 5.74) is 3.32. The zero-order chi connectivity index (χ0) is 13.8. The van der Waals surface area contributed by atoms with Crippen molar-refractivity contribution in [2.75, 3.05) is 7.11 Å². The van der Waals surface area contributed by atoms with Crippen molar-refractivity contribution < 1.29 is 14.6 Å². The van der Waals surface area contributed by atoms with Crippen LogP contribution in [-0.2, 0) is 6.42 Å². The molecule has 2 aromatic carbocycles. The summed E-state index contributed by atoms with van der Waals surface area (Å²) < 4.78 is 5.15. The van der Waals surface area contributed by atoms with E-state index in [0.717, 1.165) is 17.5 Å². The van der Waals surface area contributed by atoms with Crippen LogP contribution in [0.3, 0.4) is 0 Å². The van der Waals surface area contributed by atoms with Crippen molar-refractivity contribution in [3.05, 3.63) is 53.6 Å². The predicted octanol–water partition coefficient (Wildman–Crippen LogP) is 3.62. The van der Waals surface area contributed by atoms with E-state index < -0.39 is 5.97 Å². The molecule has 1 N–H and O–H groups in total. The number of aromatic carboxylic acids is 1. The molecule has 0 unspecified atom stereocenters. The number of ether oxygens (including phenoxy) is 1. The molecule has 2 rings (SSSR count). The topological polar surface area (TPSA) is 46.5 Å². The van der Waals surface area contributed by atoms with Crippen molar-refractivity contribution in [1.82, 2.24) is 0 Å². The van der Waals surface area contributed by atoms with Gasteiger partial charge >= 0.3 is 5.97 Å². The van der Waals surface area contributed by atoms with Gasteiger partial charge in [-0.05, 0) is 41.3 Å². The number of rotatable bonds is 4. The van der Waals surface area contributed by atoms with Crippen LogP contribution < -0.4 is 4.74 Å². The van der Waals surface area contributed by atoms with Gasteiger partial charge in [0, 0.05) is 0 Å². The van der Waals surface area contributed by atoms with Gasteiger partial charge in [-0.2, -0.15) is 0 Å². The summed E-state index contributed by atoms with van der Waals surface area (Å²) in [5, 5.41) is 9.10. The Bertz CT molecular complexity index is 585. The number of aryl methyl sites for hydroxylation is 1. The molecule has 19 heavy (non-hydrogen) atoms. The van der Waals surface area contributed by atoms with Gasteiger partial charge in [0.05, 0.1) is 12.7 Å². The fourth-order valence-corrected chi connectivity index (χ4v) is 1.94. The number of benzene rings is 2. The molecule has 3 nitrogen and oxygen atoms in total. The zero-order valence-electron chi connectivity index (χ0n) is 11.0. The van der Waals surface area contributed by atoms with Gasteiger partial charge < -0.3 is 9.84 Å². The molecule has 0 aliphatic heterocycles. The zero-order valence-corrected chi connectivity index (χ0v) is 11.0. The molecule has 0 radical (unpaired) electrons. The first-order valence-electron chi connectivity index (χ1n) is 6.15. The van der Waals surface area contributed by atoms with E-state index in [0.29, 0.717) is 5.75 Å². The second kappa shape index (κ2) is 5.57. The highest BCUT2D eigenvalue weighted by molar-refractivity contribution is 5.90. The van der Waals surface area contributed by atoms with Gasteiger partial charge in [0.15, 0.2) is 0 Å². The Morgan fingerprint density at radius 2 is 1.79 bits per heavy atom. The van der Waals surface area contributed by atoms with E-state index in [4.69, 9.17) is 9.84 Å². The summed E-state index contributed by atoms with van der Waals surface area (Å²) in [7, 11) is 1.53. The largest absolute Gasteiger partial charge is 0.497 e. The number of carbonyl (C=O) groups is 1. The van der Waals surface area contributed by atoms with E-state index in [1.54, 1.807) is 6.07 Å². The summed E-state index contributed by atoms with van der Waals surface area (Å²) in [6.07, 6.45) is 0.985. The van der Waals surface area contributed by atoms with Crippen molar-refractivity contribution in [2.45, 2.75) is 13.3 Å². The summed E-state index contributed by atoms with van der Waals surface area (Å²) in [5.74, 6) is -0.403. The lowest BCUT2D eigenvalue weighted by atomic mass is 10.0. The molecule has 0 atom stereocenters. The maximum atomic E-state index is 11.1. The predicted molar refractivity (Wildman–Crippen MR) is 74.8 cm³/mol. The maximum Gasteiger partial charge on any atom is 0.335 e. The number of methoxy groups -OCH3 is 1. The second-order valence-corrected chi connectivity index (χ2v) is 4.31. The van der Waals surface area contributed by atoms with Crippen LogP contribution in [0, 0.1) is 0 Å². The summed E-state index contributed by atoms with van der Waals surface area (Å²) in [6, 6.07) is 13.1. The van der Waals surface area contributed by atoms with Gasteiger partial charge in [0.25, 0.3) is 0 Å². The summed E-state index contributed by atoms with van der Waals surface area (Å²) >= 11 is 0. The molecule has 0 aliphatic rings. The Morgan fingerprint density at radius 3 is 2.32 bits per heavy atom. The summed E-state index contributed by atoms with van der Waals surface area (Å²) in [4.78, 5) is 11.1. The molecule has 0 spiro atoms. The molecular formula is C16H16O3. The lowest BCUT2D eigenvalue weighted by Crippen LogP contribution is -1.98. The molecule has 2 aromatic rings. The Morgan fingerprint density at radius 1 is 1.11 bits per heavy atom. The minimum Gasteiger partial charge on any atom is -0.497 e. The second-order valence-electron chi connectivity index (χ2n) is 4.31. The molecule has 0 aromatic heterocycles. The van der Waals surface area contributed by atoms with Crippen LogP contribution in [-0.4, -0.2) is 18.2 Å². The third kappa shape index (κ3) is 2.94. The van der Waals surface area contributed by atoms with Crippen LogP contribution in [0.2, 0.25) is 0 Å². The number of carboxylic acids is 1. The minimum atomic E-state index is -0.953. The molecular weight excluding hydrogens is 240 g/mol. The van der Waals surface area contributed by atoms with Gasteiger partial charge in [-0.3, -0.25) is 0 Å². The third-order valence-electron chi connectivity index (χ3n) is 3.08. The van der Waals surface area contributed by atoms with E-state index in [1.165, 1.54) is 18.7 Å². The smallest absolute Gasteiger partial charge is 0.335 e. The summed E-state index contributed by atoms with van der Waals surface area (Å²) in [6.45, 7) is 2.10. The highest BCUT2D eigenvalue weighted by atomic mass is 16.5. The van der Waals surface area contributed by atoms with Crippen LogP contribution in [0.4, 0.5) is 0 Å². The number of hydrogen-bond acceptors (Lipinski definition) is 2. The van der Waals surface area contributed by atoms with Crippen LogP contribution >= 0.6 is 0 Å². The standard InChI is InChI=1S/C16H16O3/c1-3-11-4-6-12(7-5-11)13-8-14(16(17)18)10-15(9-13)19-2/h4-10H,3H2,1-2H3,(H,17,18). The van der Waals surface area contributed by atoms with Crippen molar-refractivity contribution >= 4 is 5.97 Å². The van der Waals surface area contributed by atoms with Crippen LogP contribution in [0.5, 0.6) is 5.75 Å². The highest BCUT2D eigenvalue weighted by Gasteiger charge is 2.08. The molecule has 3 heteroatoms. The first-order chi connectivity index (χ1) is 9.13. The minimum absolute atomic E-state index is 0.230. The van der Waals surface area contributed by atoms with Crippen molar-refractivity contribution in [2.24, 2.45) is 0 Å². The van der Waals surface area contributed by atoms with Crippen molar-refractivity contribution in [3.8, 4) is 16.9 Å². The van der Waals surface area contributed by atoms with E-state index in [1.807, 2.05) is 18.2 Å². The van der Waals surface area contributed by atoms with Gasteiger partial charge in [-0.15, -0.1) is 0 Å². The monoisotopic (exact) mass is 256 g/mol. The molecule has 0 heterocycles. The first kappa shape index (κ1) is 13.1. The maximum absolute atomic E-state index is 11.1. The molecule has 0 bridgehead atoms. The van der Waals surface area contributed by atoms with Crippen molar-refractivity contribution in [3.63, 3.8) is 0 Å². The van der Waals surface area contributed by atoms with Crippen LogP contribution in [0.25, 0.3) is 11.1 Å². The Balaban J connectivity index is 2.47. The average Bonchev–Trinajstić information content (AvgIpc) is 2.46. The highest BCUT2D eigenvalue weighted by Crippen LogP contribution is 2.26. The van der Waals surface area contributed by atoms with E-state index in [2.05, 4.69) is 19.1 Å². The SMILES string of the molecule is CCc1ccc(-c2cc(OC)cc(C(=O)O)c2)cc1. The van der Waals surface area contributed by atoms with E-state index in [-0.39, 0.29) is 5.56 Å². The Kier molecular flexibility index (Phi) is 3.85. The first-order valence-corrected chi connectivity index (χ1v) is 6.15. The molecule has 0 amide bonds. The average molecular weight is 256 g/mol. The number of hydrogen-bond donors (Lipinski definition) is 1. The third-order valence-corrected chi connectivity index (χ3v) is 3.08. The van der Waals surface area contributed by atoms with E-state index >= 15 is 0 Å². The van der Waals surface area contributed by atoms with Gasteiger partial charge in [0.2, 0.25) is 0 Å². The molecule has 0 aliphatic carbocycles. The fraction of sp³-hybridized carbons (Fsp3) is 0.188. The van der Waals surface area contributed by atoms with E-state index in [9.17, 15) is 4.79 Å². The van der Waals surface area contributed by atoms with Gasteiger partial charge in [-0.25, -0.2) is 4.79 Å². The van der Waals surface area contributed by atoms with Crippen LogP contribution in [0.15, 0.2) is 42.5 Å². The normalized spacial score (nSPS) is 10.2. The number of carboxylic acid groups (broad SMARTS) is 1. The van der Waals surface area contributed by atoms with Gasteiger partial charge in [-0.1, -0.05) is 31.2 Å². The fourth-order valence-electron chi connectivity index (χ4n) is 1.94. The van der Waals surface area contributed by atoms with Crippen molar-refractivity contribution in [1.29, 1.82) is 0 Å². The lowest BCUT2D eigenvalue weighted by molar-refractivity contribution is 0.0696. The lowest BCUT2D eigenvalue weighted by Gasteiger charge is -2.08. The molecule has 0 saturated heterocycles. The Labute approximate surface area is 112 Å². The van der Waals surface area contributed by atoms with Gasteiger partial charge in [0.1, 0.15) is 5.75 Å². The Hall–Kier alpha value is -2.29.